The molecule has 1 saturated heterocycles. The van der Waals surface area contributed by atoms with E-state index in [4.69, 9.17) is 5.26 Å². The smallest absolute Gasteiger partial charge is 0.229 e. The van der Waals surface area contributed by atoms with Crippen molar-refractivity contribution >= 4 is 17.5 Å². The molecule has 3 rings (SSSR count). The van der Waals surface area contributed by atoms with Crippen molar-refractivity contribution in [3.05, 3.63) is 29.6 Å². The summed E-state index contributed by atoms with van der Waals surface area (Å²) in [5, 5.41) is 11.9. The second-order valence-corrected chi connectivity index (χ2v) is 6.11. The third kappa shape index (κ3) is 3.19. The number of rotatable bonds is 3. The first-order valence-corrected chi connectivity index (χ1v) is 7.89. The summed E-state index contributed by atoms with van der Waals surface area (Å²) < 4.78 is 13.9. The molecule has 2 fully saturated rings. The van der Waals surface area contributed by atoms with E-state index in [0.29, 0.717) is 24.1 Å². The topological polar surface area (TPSA) is 73.2 Å². The Balaban J connectivity index is 1.58. The Morgan fingerprint density at radius 3 is 2.35 bits per heavy atom. The van der Waals surface area contributed by atoms with Crippen LogP contribution in [0.3, 0.4) is 0 Å². The van der Waals surface area contributed by atoms with E-state index in [1.54, 1.807) is 12.1 Å². The van der Waals surface area contributed by atoms with Crippen LogP contribution in [0.4, 0.5) is 10.1 Å². The van der Waals surface area contributed by atoms with E-state index in [1.807, 2.05) is 6.07 Å². The number of hydrogen-bond acceptors (Lipinski definition) is 4. The summed E-state index contributed by atoms with van der Waals surface area (Å²) >= 11 is 0. The molecule has 6 heteroatoms. The van der Waals surface area contributed by atoms with Gasteiger partial charge in [0.1, 0.15) is 5.82 Å². The van der Waals surface area contributed by atoms with Crippen molar-refractivity contribution in [2.75, 3.05) is 5.32 Å². The number of nitriles is 1. The number of amides is 2. The average molecular weight is 315 g/mol. The maximum atomic E-state index is 13.9. The first-order chi connectivity index (χ1) is 11.1. The lowest BCUT2D eigenvalue weighted by Crippen LogP contribution is -2.43. The molecule has 1 N–H and O–H groups in total. The molecule has 5 nitrogen and oxygen atoms in total. The molecule has 0 atom stereocenters. The van der Waals surface area contributed by atoms with E-state index in [2.05, 4.69) is 5.32 Å². The number of benzene rings is 1. The highest BCUT2D eigenvalue weighted by Gasteiger charge is 2.36. The van der Waals surface area contributed by atoms with Crippen molar-refractivity contribution < 1.29 is 14.0 Å². The number of hydrogen-bond donors (Lipinski definition) is 1. The predicted octanol–water partition coefficient (Wildman–Crippen LogP) is 2.57. The van der Waals surface area contributed by atoms with E-state index in [0.717, 1.165) is 25.7 Å². The van der Waals surface area contributed by atoms with Gasteiger partial charge >= 0.3 is 0 Å². The molecule has 1 aliphatic carbocycles. The second-order valence-electron chi connectivity index (χ2n) is 6.11. The van der Waals surface area contributed by atoms with Crippen molar-refractivity contribution in [1.29, 1.82) is 5.26 Å². The Bertz CT molecular complexity index is 659. The minimum absolute atomic E-state index is 0.0126. The summed E-state index contributed by atoms with van der Waals surface area (Å²) in [6.07, 6.45) is 3.70. The molecule has 0 bridgehead atoms. The fourth-order valence-electron chi connectivity index (χ4n) is 3.40. The van der Waals surface area contributed by atoms with E-state index >= 15 is 0 Å². The van der Waals surface area contributed by atoms with Gasteiger partial charge in [-0.1, -0.05) is 0 Å². The van der Waals surface area contributed by atoms with Gasteiger partial charge in [0.2, 0.25) is 11.8 Å². The van der Waals surface area contributed by atoms with E-state index < -0.39 is 5.82 Å². The largest absolute Gasteiger partial charge is 0.380 e. The number of nitrogens with zero attached hydrogens (tertiary/aromatic N) is 2. The van der Waals surface area contributed by atoms with Crippen LogP contribution >= 0.6 is 0 Å². The van der Waals surface area contributed by atoms with Crippen molar-refractivity contribution in [1.82, 2.24) is 4.90 Å². The molecule has 23 heavy (non-hydrogen) atoms. The van der Waals surface area contributed by atoms with Crippen LogP contribution < -0.4 is 5.32 Å². The second kappa shape index (κ2) is 6.37. The highest BCUT2D eigenvalue weighted by atomic mass is 19.1. The summed E-state index contributed by atoms with van der Waals surface area (Å²) in [6, 6.07) is 6.38. The monoisotopic (exact) mass is 315 g/mol. The number of carbonyl (C=O) groups is 2. The summed E-state index contributed by atoms with van der Waals surface area (Å²) in [5.74, 6) is -0.565. The van der Waals surface area contributed by atoms with Gasteiger partial charge < -0.3 is 5.32 Å². The molecule has 1 aromatic carbocycles. The van der Waals surface area contributed by atoms with Crippen LogP contribution in [0.1, 0.15) is 44.1 Å². The van der Waals surface area contributed by atoms with E-state index in [-0.39, 0.29) is 23.9 Å². The van der Waals surface area contributed by atoms with Crippen LogP contribution in [-0.2, 0) is 9.59 Å². The molecule has 0 unspecified atom stereocenters. The number of halogens is 1. The molecule has 0 radical (unpaired) electrons. The van der Waals surface area contributed by atoms with E-state index in [9.17, 15) is 14.0 Å². The van der Waals surface area contributed by atoms with Crippen molar-refractivity contribution in [3.8, 4) is 6.07 Å². The van der Waals surface area contributed by atoms with Gasteiger partial charge in [0.25, 0.3) is 0 Å². The van der Waals surface area contributed by atoms with Gasteiger partial charge in [-0.05, 0) is 43.9 Å². The summed E-state index contributed by atoms with van der Waals surface area (Å²) in [4.78, 5) is 25.0. The van der Waals surface area contributed by atoms with Crippen molar-refractivity contribution in [3.63, 3.8) is 0 Å². The van der Waals surface area contributed by atoms with Gasteiger partial charge in [0, 0.05) is 24.9 Å². The zero-order valence-electron chi connectivity index (χ0n) is 12.7. The summed E-state index contributed by atoms with van der Waals surface area (Å²) in [6.45, 7) is 0. The number of imide groups is 1. The maximum Gasteiger partial charge on any atom is 0.229 e. The van der Waals surface area contributed by atoms with Gasteiger partial charge in [-0.15, -0.1) is 0 Å². The van der Waals surface area contributed by atoms with Crippen LogP contribution in [0.15, 0.2) is 18.2 Å². The predicted molar refractivity (Wildman–Crippen MR) is 81.9 cm³/mol. The minimum Gasteiger partial charge on any atom is -0.380 e. The van der Waals surface area contributed by atoms with Gasteiger partial charge in [0.15, 0.2) is 0 Å². The van der Waals surface area contributed by atoms with Gasteiger partial charge in [-0.25, -0.2) is 4.39 Å². The van der Waals surface area contributed by atoms with E-state index in [1.165, 1.54) is 11.0 Å². The molecule has 1 aromatic rings. The minimum atomic E-state index is -0.434. The molecule has 0 aromatic heterocycles. The number of carbonyl (C=O) groups excluding carboxylic acids is 2. The van der Waals surface area contributed by atoms with Crippen LogP contribution in [-0.4, -0.2) is 28.8 Å². The third-order valence-electron chi connectivity index (χ3n) is 4.61. The number of nitrogens with one attached hydrogen (secondary N) is 1. The molecular weight excluding hydrogens is 297 g/mol. The Morgan fingerprint density at radius 1 is 1.13 bits per heavy atom. The molecule has 1 heterocycles. The molecule has 120 valence electrons. The van der Waals surface area contributed by atoms with Gasteiger partial charge in [0.05, 0.1) is 17.3 Å². The van der Waals surface area contributed by atoms with Crippen molar-refractivity contribution in [2.45, 2.75) is 50.6 Å². The Kier molecular flexibility index (Phi) is 4.28. The molecule has 0 spiro atoms. The number of likely N-dealkylation sites (tertiary alicyclic amines) is 1. The zero-order valence-corrected chi connectivity index (χ0v) is 12.7. The Labute approximate surface area is 134 Å². The number of anilines is 1. The SMILES string of the molecule is N#Cc1ccc(NC2CCC(N3C(=O)CCC3=O)CC2)c(F)c1. The highest BCUT2D eigenvalue weighted by Crippen LogP contribution is 2.29. The fraction of sp³-hybridized carbons (Fsp3) is 0.471. The lowest BCUT2D eigenvalue weighted by Gasteiger charge is -2.34. The summed E-state index contributed by atoms with van der Waals surface area (Å²) in [7, 11) is 0. The Hall–Kier alpha value is -2.42. The molecular formula is C17H18FN3O2. The first-order valence-electron chi connectivity index (χ1n) is 7.89. The molecule has 2 aliphatic rings. The normalized spacial score (nSPS) is 24.6. The standard InChI is InChI=1S/C17H18FN3O2/c18-14-9-11(10-19)1-6-15(14)20-12-2-4-13(5-3-12)21-16(22)7-8-17(21)23/h1,6,9,12-13,20H,2-5,7-8H2. The lowest BCUT2D eigenvalue weighted by molar-refractivity contribution is -0.141. The molecule has 2 amide bonds. The maximum absolute atomic E-state index is 13.9. The van der Waals surface area contributed by atoms with Crippen LogP contribution in [0, 0.1) is 17.1 Å². The van der Waals surface area contributed by atoms with Crippen molar-refractivity contribution in [2.24, 2.45) is 0 Å². The lowest BCUT2D eigenvalue weighted by atomic mass is 9.90. The van der Waals surface area contributed by atoms with Gasteiger partial charge in [-0.3, -0.25) is 14.5 Å². The highest BCUT2D eigenvalue weighted by molar-refractivity contribution is 6.02. The van der Waals surface area contributed by atoms with Crippen LogP contribution in [0.5, 0.6) is 0 Å². The fourth-order valence-corrected chi connectivity index (χ4v) is 3.40. The Morgan fingerprint density at radius 2 is 1.78 bits per heavy atom. The quantitative estimate of drug-likeness (QED) is 0.870. The van der Waals surface area contributed by atoms with Crippen LogP contribution in [0.25, 0.3) is 0 Å². The molecule has 1 saturated carbocycles. The molecule has 1 aliphatic heterocycles. The van der Waals surface area contributed by atoms with Gasteiger partial charge in [-0.2, -0.15) is 5.26 Å². The first kappa shape index (κ1) is 15.5. The third-order valence-corrected chi connectivity index (χ3v) is 4.61. The average Bonchev–Trinajstić information content (AvgIpc) is 2.89. The van der Waals surface area contributed by atoms with Crippen LogP contribution in [0.2, 0.25) is 0 Å². The zero-order chi connectivity index (χ0) is 16.4. The summed E-state index contributed by atoms with van der Waals surface area (Å²) in [5.41, 5.74) is 0.684.